The van der Waals surface area contributed by atoms with Gasteiger partial charge in [0.15, 0.2) is 0 Å². The number of aromatic nitrogens is 1. The highest BCUT2D eigenvalue weighted by molar-refractivity contribution is 5.17. The van der Waals surface area contributed by atoms with Crippen LogP contribution in [0.3, 0.4) is 0 Å². The van der Waals surface area contributed by atoms with E-state index in [1.165, 1.54) is 18.3 Å². The van der Waals surface area contributed by atoms with Gasteiger partial charge in [-0.05, 0) is 17.7 Å². The first kappa shape index (κ1) is 9.98. The van der Waals surface area contributed by atoms with Gasteiger partial charge in [-0.15, -0.1) is 0 Å². The molecule has 13 heavy (non-hydrogen) atoms. The van der Waals surface area contributed by atoms with E-state index in [-0.39, 0.29) is 12.1 Å². The molecule has 0 saturated heterocycles. The molecule has 0 fully saturated rings. The van der Waals surface area contributed by atoms with E-state index in [4.69, 9.17) is 5.73 Å². The minimum absolute atomic E-state index is 0.158. The maximum Gasteiger partial charge on any atom is 0.393 e. The zero-order valence-corrected chi connectivity index (χ0v) is 6.80. The molecule has 0 aliphatic carbocycles. The fourth-order valence-corrected chi connectivity index (χ4v) is 0.981. The van der Waals surface area contributed by atoms with Gasteiger partial charge in [0.05, 0.1) is 12.1 Å². The van der Waals surface area contributed by atoms with Gasteiger partial charge in [0, 0.05) is 12.7 Å². The van der Waals surface area contributed by atoms with E-state index in [9.17, 15) is 13.2 Å². The summed E-state index contributed by atoms with van der Waals surface area (Å²) in [5.74, 6) is 0. The molecule has 0 aliphatic rings. The predicted molar refractivity (Wildman–Crippen MR) is 41.9 cm³/mol. The first-order valence-electron chi connectivity index (χ1n) is 3.72. The number of hydrogen-bond donors (Lipinski definition) is 1. The van der Waals surface area contributed by atoms with Crippen molar-refractivity contribution in [2.45, 2.75) is 19.1 Å². The Bertz CT molecular complexity index is 283. The van der Waals surface area contributed by atoms with Crippen molar-refractivity contribution in [2.24, 2.45) is 5.73 Å². The Morgan fingerprint density at radius 1 is 1.38 bits per heavy atom. The number of alkyl halides is 3. The molecule has 0 aromatic carbocycles. The van der Waals surface area contributed by atoms with Crippen LogP contribution in [0.1, 0.15) is 11.3 Å². The second-order valence-corrected chi connectivity index (χ2v) is 2.65. The Labute approximate surface area is 73.6 Å². The minimum atomic E-state index is -4.17. The van der Waals surface area contributed by atoms with Crippen molar-refractivity contribution < 1.29 is 13.2 Å². The molecule has 0 spiro atoms. The monoisotopic (exact) mass is 190 g/mol. The van der Waals surface area contributed by atoms with Gasteiger partial charge in [0.1, 0.15) is 0 Å². The van der Waals surface area contributed by atoms with E-state index in [0.717, 1.165) is 0 Å². The van der Waals surface area contributed by atoms with Gasteiger partial charge in [-0.1, -0.05) is 0 Å². The SMILES string of the molecule is NCc1cc(CC(F)(F)F)ccn1. The van der Waals surface area contributed by atoms with Crippen LogP contribution in [0.25, 0.3) is 0 Å². The van der Waals surface area contributed by atoms with E-state index in [2.05, 4.69) is 4.98 Å². The van der Waals surface area contributed by atoms with E-state index in [1.807, 2.05) is 0 Å². The minimum Gasteiger partial charge on any atom is -0.325 e. The first-order valence-corrected chi connectivity index (χ1v) is 3.72. The number of halogens is 3. The topological polar surface area (TPSA) is 38.9 Å². The summed E-state index contributed by atoms with van der Waals surface area (Å²) in [4.78, 5) is 3.80. The van der Waals surface area contributed by atoms with Crippen LogP contribution in [0.4, 0.5) is 13.2 Å². The molecular formula is C8H9F3N2. The third-order valence-electron chi connectivity index (χ3n) is 1.49. The molecule has 1 heterocycles. The highest BCUT2D eigenvalue weighted by Crippen LogP contribution is 2.20. The summed E-state index contributed by atoms with van der Waals surface area (Å²) in [7, 11) is 0. The second-order valence-electron chi connectivity index (χ2n) is 2.65. The Hall–Kier alpha value is -1.10. The molecule has 0 radical (unpaired) electrons. The molecule has 0 amide bonds. The molecule has 2 N–H and O–H groups in total. The molecule has 2 nitrogen and oxygen atoms in total. The summed E-state index contributed by atoms with van der Waals surface area (Å²) in [6.45, 7) is 0.158. The number of nitrogens with two attached hydrogens (primary N) is 1. The quantitative estimate of drug-likeness (QED) is 0.770. The van der Waals surface area contributed by atoms with Crippen LogP contribution in [0.15, 0.2) is 18.3 Å². The average molecular weight is 190 g/mol. The van der Waals surface area contributed by atoms with Crippen LogP contribution in [0.2, 0.25) is 0 Å². The van der Waals surface area contributed by atoms with Gasteiger partial charge < -0.3 is 5.73 Å². The molecule has 0 aliphatic heterocycles. The predicted octanol–water partition coefficient (Wildman–Crippen LogP) is 1.65. The van der Waals surface area contributed by atoms with Crippen molar-refractivity contribution in [1.29, 1.82) is 0 Å². The highest BCUT2D eigenvalue weighted by Gasteiger charge is 2.27. The van der Waals surface area contributed by atoms with Crippen LogP contribution >= 0.6 is 0 Å². The molecule has 1 aromatic rings. The lowest BCUT2D eigenvalue weighted by molar-refractivity contribution is -0.127. The van der Waals surface area contributed by atoms with Crippen molar-refractivity contribution in [3.05, 3.63) is 29.6 Å². The molecule has 72 valence electrons. The van der Waals surface area contributed by atoms with Crippen LogP contribution < -0.4 is 5.73 Å². The third kappa shape index (κ3) is 3.42. The van der Waals surface area contributed by atoms with Gasteiger partial charge in [-0.3, -0.25) is 4.98 Å². The van der Waals surface area contributed by atoms with Crippen LogP contribution in [-0.4, -0.2) is 11.2 Å². The van der Waals surface area contributed by atoms with E-state index in [1.54, 1.807) is 0 Å². The van der Waals surface area contributed by atoms with E-state index >= 15 is 0 Å². The molecular weight excluding hydrogens is 181 g/mol. The van der Waals surface area contributed by atoms with Crippen LogP contribution in [-0.2, 0) is 13.0 Å². The fourth-order valence-electron chi connectivity index (χ4n) is 0.981. The van der Waals surface area contributed by atoms with Gasteiger partial charge in [0.25, 0.3) is 0 Å². The average Bonchev–Trinajstić information content (AvgIpc) is 2.01. The van der Waals surface area contributed by atoms with Crippen LogP contribution in [0, 0.1) is 0 Å². The van der Waals surface area contributed by atoms with Crippen molar-refractivity contribution >= 4 is 0 Å². The zero-order valence-electron chi connectivity index (χ0n) is 6.80. The van der Waals surface area contributed by atoms with Gasteiger partial charge in [0.2, 0.25) is 0 Å². The fraction of sp³-hybridized carbons (Fsp3) is 0.375. The maximum absolute atomic E-state index is 11.9. The molecule has 0 unspecified atom stereocenters. The molecule has 1 rings (SSSR count). The summed E-state index contributed by atoms with van der Waals surface area (Å²) >= 11 is 0. The Morgan fingerprint density at radius 3 is 2.62 bits per heavy atom. The van der Waals surface area contributed by atoms with Crippen molar-refractivity contribution in [3.8, 4) is 0 Å². The Kier molecular flexibility index (Phi) is 2.87. The summed E-state index contributed by atoms with van der Waals surface area (Å²) in [5.41, 5.74) is 5.91. The van der Waals surface area contributed by atoms with Crippen molar-refractivity contribution in [1.82, 2.24) is 4.98 Å². The van der Waals surface area contributed by atoms with E-state index < -0.39 is 12.6 Å². The normalized spacial score (nSPS) is 11.7. The maximum atomic E-state index is 11.9. The summed E-state index contributed by atoms with van der Waals surface area (Å²) < 4.78 is 35.8. The summed E-state index contributed by atoms with van der Waals surface area (Å²) in [6.07, 6.45) is -3.76. The molecule has 5 heteroatoms. The van der Waals surface area contributed by atoms with Crippen molar-refractivity contribution in [2.75, 3.05) is 0 Å². The van der Waals surface area contributed by atoms with Gasteiger partial charge in [-0.2, -0.15) is 13.2 Å². The molecule has 0 atom stereocenters. The largest absolute Gasteiger partial charge is 0.393 e. The van der Waals surface area contributed by atoms with Crippen molar-refractivity contribution in [3.63, 3.8) is 0 Å². The lowest BCUT2D eigenvalue weighted by Gasteiger charge is -2.06. The number of pyridine rings is 1. The molecule has 1 aromatic heterocycles. The standard InChI is InChI=1S/C8H9F3N2/c9-8(10,11)4-6-1-2-13-7(3-6)5-12/h1-3H,4-5,12H2. The zero-order chi connectivity index (χ0) is 9.90. The second kappa shape index (κ2) is 3.74. The van der Waals surface area contributed by atoms with Gasteiger partial charge in [-0.25, -0.2) is 0 Å². The smallest absolute Gasteiger partial charge is 0.325 e. The van der Waals surface area contributed by atoms with E-state index in [0.29, 0.717) is 5.69 Å². The first-order chi connectivity index (χ1) is 6.01. The Morgan fingerprint density at radius 2 is 2.08 bits per heavy atom. The number of rotatable bonds is 2. The summed E-state index contributed by atoms with van der Waals surface area (Å²) in [6, 6.07) is 2.71. The highest BCUT2D eigenvalue weighted by atomic mass is 19.4. The third-order valence-corrected chi connectivity index (χ3v) is 1.49. The number of nitrogens with zero attached hydrogens (tertiary/aromatic N) is 1. The molecule has 0 saturated carbocycles. The lowest BCUT2D eigenvalue weighted by atomic mass is 10.1. The number of hydrogen-bond acceptors (Lipinski definition) is 2. The lowest BCUT2D eigenvalue weighted by Crippen LogP contribution is -2.12. The molecule has 0 bridgehead atoms. The van der Waals surface area contributed by atoms with Gasteiger partial charge >= 0.3 is 6.18 Å². The van der Waals surface area contributed by atoms with Crippen LogP contribution in [0.5, 0.6) is 0 Å². The Balaban J connectivity index is 2.78. The summed E-state index contributed by atoms with van der Waals surface area (Å²) in [5, 5.41) is 0.